The van der Waals surface area contributed by atoms with E-state index in [1.165, 1.54) is 6.92 Å². The molecule has 4 nitrogen and oxygen atoms in total. The molecule has 0 saturated heterocycles. The van der Waals surface area contributed by atoms with Gasteiger partial charge in [0.05, 0.1) is 11.8 Å². The molecule has 2 unspecified atom stereocenters. The van der Waals surface area contributed by atoms with Gasteiger partial charge >= 0.3 is 0 Å². The minimum absolute atomic E-state index is 0.0121. The number of benzene rings is 2. The third-order valence-corrected chi connectivity index (χ3v) is 6.78. The Kier molecular flexibility index (Phi) is 6.47. The van der Waals surface area contributed by atoms with Gasteiger partial charge < -0.3 is 5.32 Å². The van der Waals surface area contributed by atoms with E-state index in [9.17, 15) is 13.2 Å². The second-order valence-corrected chi connectivity index (χ2v) is 10.4. The van der Waals surface area contributed by atoms with Crippen molar-refractivity contribution in [1.82, 2.24) is 5.32 Å². The fourth-order valence-electron chi connectivity index (χ4n) is 2.78. The highest BCUT2D eigenvalue weighted by molar-refractivity contribution is 7.92. The predicted octanol–water partition coefficient (Wildman–Crippen LogP) is 4.16. The van der Waals surface area contributed by atoms with E-state index in [-0.39, 0.29) is 17.2 Å². The van der Waals surface area contributed by atoms with Gasteiger partial charge in [0.25, 0.3) is 0 Å². The molecule has 0 fully saturated rings. The van der Waals surface area contributed by atoms with Crippen LogP contribution in [0.2, 0.25) is 0 Å². The molecule has 0 aliphatic heterocycles. The number of amides is 1. The molecule has 2 rings (SSSR count). The zero-order valence-corrected chi connectivity index (χ0v) is 17.5. The van der Waals surface area contributed by atoms with E-state index in [0.717, 1.165) is 11.1 Å². The quantitative estimate of drug-likeness (QED) is 0.809. The highest BCUT2D eigenvalue weighted by Crippen LogP contribution is 2.23. The first-order valence-corrected chi connectivity index (χ1v) is 10.9. The minimum atomic E-state index is -3.60. The molecule has 0 radical (unpaired) electrons. The Bertz CT molecular complexity index is 866. The van der Waals surface area contributed by atoms with Crippen molar-refractivity contribution in [2.45, 2.75) is 57.1 Å². The van der Waals surface area contributed by atoms with Crippen molar-refractivity contribution < 1.29 is 13.2 Å². The van der Waals surface area contributed by atoms with Crippen molar-refractivity contribution in [2.24, 2.45) is 0 Å². The number of rotatable bonds is 6. The third-order valence-electron chi connectivity index (χ3n) is 4.75. The lowest BCUT2D eigenvalue weighted by atomic mass is 9.87. The van der Waals surface area contributed by atoms with Gasteiger partial charge in [-0.05, 0) is 36.0 Å². The molecular formula is C22H29NO3S. The molecule has 0 saturated carbocycles. The first kappa shape index (κ1) is 21.2. The Morgan fingerprint density at radius 2 is 1.52 bits per heavy atom. The lowest BCUT2D eigenvalue weighted by Crippen LogP contribution is -2.39. The van der Waals surface area contributed by atoms with Crippen molar-refractivity contribution >= 4 is 15.7 Å². The largest absolute Gasteiger partial charge is 0.348 e. The molecule has 0 aromatic heterocycles. The van der Waals surface area contributed by atoms with E-state index in [4.69, 9.17) is 0 Å². The van der Waals surface area contributed by atoms with Crippen LogP contribution in [-0.2, 0) is 25.8 Å². The van der Waals surface area contributed by atoms with Crippen LogP contribution in [0.1, 0.15) is 57.4 Å². The van der Waals surface area contributed by atoms with E-state index >= 15 is 0 Å². The summed E-state index contributed by atoms with van der Waals surface area (Å²) in [6, 6.07) is 16.8. The Morgan fingerprint density at radius 3 is 2.04 bits per heavy atom. The van der Waals surface area contributed by atoms with Crippen LogP contribution in [0.3, 0.4) is 0 Å². The SMILES string of the molecule is CC(NC(=O)C(C)S(=O)(=O)Cc1ccc(C(C)(C)C)cc1)c1ccccc1. The van der Waals surface area contributed by atoms with Gasteiger partial charge in [-0.2, -0.15) is 0 Å². The fraction of sp³-hybridized carbons (Fsp3) is 0.409. The second-order valence-electron chi connectivity index (χ2n) is 8.04. The van der Waals surface area contributed by atoms with Gasteiger partial charge in [-0.15, -0.1) is 0 Å². The molecule has 1 N–H and O–H groups in total. The highest BCUT2D eigenvalue weighted by Gasteiger charge is 2.29. The standard InChI is InChI=1S/C22H29NO3S/c1-16(19-9-7-6-8-10-19)23-21(24)17(2)27(25,26)15-18-11-13-20(14-12-18)22(3,4)5/h6-14,16-17H,15H2,1-5H3,(H,23,24). The zero-order valence-electron chi connectivity index (χ0n) is 16.7. The Labute approximate surface area is 162 Å². The van der Waals surface area contributed by atoms with Crippen LogP contribution in [0.4, 0.5) is 0 Å². The zero-order chi connectivity index (χ0) is 20.2. The molecule has 146 valence electrons. The molecule has 2 aromatic rings. The maximum atomic E-state index is 12.7. The highest BCUT2D eigenvalue weighted by atomic mass is 32.2. The average Bonchev–Trinajstić information content (AvgIpc) is 2.61. The summed E-state index contributed by atoms with van der Waals surface area (Å²) in [7, 11) is -3.60. The molecule has 0 spiro atoms. The molecule has 2 aromatic carbocycles. The van der Waals surface area contributed by atoms with Crippen LogP contribution in [0.15, 0.2) is 54.6 Å². The number of hydrogen-bond acceptors (Lipinski definition) is 3. The van der Waals surface area contributed by atoms with E-state index in [1.54, 1.807) is 0 Å². The van der Waals surface area contributed by atoms with Gasteiger partial charge in [0.15, 0.2) is 9.84 Å². The lowest BCUT2D eigenvalue weighted by Gasteiger charge is -2.20. The molecule has 1 amide bonds. The van der Waals surface area contributed by atoms with Gasteiger partial charge in [-0.1, -0.05) is 75.4 Å². The van der Waals surface area contributed by atoms with Crippen molar-refractivity contribution in [2.75, 3.05) is 0 Å². The molecule has 27 heavy (non-hydrogen) atoms. The van der Waals surface area contributed by atoms with Crippen LogP contribution in [0.5, 0.6) is 0 Å². The summed E-state index contributed by atoms with van der Waals surface area (Å²) < 4.78 is 25.4. The van der Waals surface area contributed by atoms with E-state index in [0.29, 0.717) is 5.56 Å². The van der Waals surface area contributed by atoms with Crippen molar-refractivity contribution in [3.63, 3.8) is 0 Å². The first-order valence-electron chi connectivity index (χ1n) is 9.17. The fourth-order valence-corrected chi connectivity index (χ4v) is 4.08. The molecule has 0 aliphatic rings. The van der Waals surface area contributed by atoms with E-state index in [1.807, 2.05) is 61.5 Å². The molecular weight excluding hydrogens is 358 g/mol. The third kappa shape index (κ3) is 5.67. The maximum absolute atomic E-state index is 12.7. The van der Waals surface area contributed by atoms with Gasteiger partial charge in [0, 0.05) is 0 Å². The van der Waals surface area contributed by atoms with Crippen molar-refractivity contribution in [3.05, 3.63) is 71.3 Å². The van der Waals surface area contributed by atoms with Crippen LogP contribution in [0, 0.1) is 0 Å². The lowest BCUT2D eigenvalue weighted by molar-refractivity contribution is -0.121. The molecule has 0 aliphatic carbocycles. The van der Waals surface area contributed by atoms with E-state index in [2.05, 4.69) is 26.1 Å². The Morgan fingerprint density at radius 1 is 0.963 bits per heavy atom. The smallest absolute Gasteiger partial charge is 0.238 e. The number of carbonyl (C=O) groups is 1. The van der Waals surface area contributed by atoms with Crippen LogP contribution in [0.25, 0.3) is 0 Å². The number of sulfone groups is 1. The maximum Gasteiger partial charge on any atom is 0.238 e. The van der Waals surface area contributed by atoms with Crippen LogP contribution < -0.4 is 5.32 Å². The summed E-state index contributed by atoms with van der Waals surface area (Å²) in [4.78, 5) is 12.5. The normalized spacial score (nSPS) is 14.4. The van der Waals surface area contributed by atoms with Crippen molar-refractivity contribution in [3.8, 4) is 0 Å². The first-order chi connectivity index (χ1) is 12.5. The van der Waals surface area contributed by atoms with Gasteiger partial charge in [0.1, 0.15) is 5.25 Å². The van der Waals surface area contributed by atoms with Gasteiger partial charge in [-0.3, -0.25) is 4.79 Å². The van der Waals surface area contributed by atoms with E-state index < -0.39 is 21.0 Å². The summed E-state index contributed by atoms with van der Waals surface area (Å²) in [5.74, 6) is -0.621. The number of nitrogens with one attached hydrogen (secondary N) is 1. The monoisotopic (exact) mass is 387 g/mol. The Balaban J connectivity index is 2.05. The number of hydrogen-bond donors (Lipinski definition) is 1. The summed E-state index contributed by atoms with van der Waals surface area (Å²) in [5.41, 5.74) is 2.79. The van der Waals surface area contributed by atoms with Gasteiger partial charge in [0.2, 0.25) is 5.91 Å². The topological polar surface area (TPSA) is 63.2 Å². The van der Waals surface area contributed by atoms with Crippen molar-refractivity contribution in [1.29, 1.82) is 0 Å². The van der Waals surface area contributed by atoms with Gasteiger partial charge in [-0.25, -0.2) is 8.42 Å². The number of carbonyl (C=O) groups excluding carboxylic acids is 1. The summed E-state index contributed by atoms with van der Waals surface area (Å²) in [6.07, 6.45) is 0. The van der Waals surface area contributed by atoms with Crippen LogP contribution in [-0.4, -0.2) is 19.6 Å². The average molecular weight is 388 g/mol. The minimum Gasteiger partial charge on any atom is -0.348 e. The Hall–Kier alpha value is -2.14. The second kappa shape index (κ2) is 8.26. The molecule has 2 atom stereocenters. The molecule has 5 heteroatoms. The summed E-state index contributed by atoms with van der Waals surface area (Å²) in [6.45, 7) is 9.63. The summed E-state index contributed by atoms with van der Waals surface area (Å²) >= 11 is 0. The predicted molar refractivity (Wildman–Crippen MR) is 110 cm³/mol. The molecule has 0 bridgehead atoms. The van der Waals surface area contributed by atoms with Crippen LogP contribution >= 0.6 is 0 Å². The summed E-state index contributed by atoms with van der Waals surface area (Å²) in [5, 5.41) is 1.69. The molecule has 0 heterocycles.